The van der Waals surface area contributed by atoms with Gasteiger partial charge in [0.25, 0.3) is 0 Å². The van der Waals surface area contributed by atoms with Crippen LogP contribution in [-0.4, -0.2) is 54.9 Å². The number of para-hydroxylation sites is 2. The number of benzene rings is 2. The number of piperidine rings is 1. The second-order valence-electron chi connectivity index (χ2n) is 8.32. The van der Waals surface area contributed by atoms with E-state index in [0.29, 0.717) is 25.2 Å². The summed E-state index contributed by atoms with van der Waals surface area (Å²) in [6.07, 6.45) is 5.21. The van der Waals surface area contributed by atoms with Gasteiger partial charge in [0.1, 0.15) is 17.3 Å². The molecule has 0 saturated carbocycles. The summed E-state index contributed by atoms with van der Waals surface area (Å²) in [5, 5.41) is 0.822. The molecule has 3 heterocycles. The van der Waals surface area contributed by atoms with Crippen molar-refractivity contribution in [1.82, 2.24) is 14.2 Å². The number of hydrogen-bond acceptors (Lipinski definition) is 5. The minimum absolute atomic E-state index is 0.258. The number of aromatic nitrogens is 1. The maximum atomic E-state index is 14.0. The van der Waals surface area contributed by atoms with Crippen LogP contribution in [0.15, 0.2) is 65.7 Å². The van der Waals surface area contributed by atoms with E-state index >= 15 is 0 Å². The van der Waals surface area contributed by atoms with Crippen LogP contribution >= 0.6 is 0 Å². The lowest BCUT2D eigenvalue weighted by molar-refractivity contribution is 0.141. The molecule has 2 aliphatic rings. The molecule has 1 saturated heterocycles. The Bertz CT molecular complexity index is 1170. The first-order valence-corrected chi connectivity index (χ1v) is 12.4. The topological polar surface area (TPSA) is 62.7 Å². The first kappa shape index (κ1) is 20.4. The minimum atomic E-state index is -3.79. The fourth-order valence-electron chi connectivity index (χ4n) is 4.62. The number of hydrogen-bond donors (Lipinski definition) is 0. The van der Waals surface area contributed by atoms with Crippen molar-refractivity contribution in [1.29, 1.82) is 0 Å². The molecule has 0 aliphatic carbocycles. The van der Waals surface area contributed by atoms with E-state index in [-0.39, 0.29) is 10.9 Å². The lowest BCUT2D eigenvalue weighted by Gasteiger charge is -2.34. The molecule has 0 amide bonds. The molecular formula is C24H27N3O3S. The van der Waals surface area contributed by atoms with E-state index < -0.39 is 10.0 Å². The zero-order chi connectivity index (χ0) is 21.3. The first-order valence-electron chi connectivity index (χ1n) is 10.9. The normalized spacial score (nSPS) is 20.7. The lowest BCUT2D eigenvalue weighted by Crippen LogP contribution is -2.49. The summed E-state index contributed by atoms with van der Waals surface area (Å²) in [5.41, 5.74) is 1.40. The van der Waals surface area contributed by atoms with Gasteiger partial charge in [-0.05, 0) is 44.1 Å². The van der Waals surface area contributed by atoms with E-state index in [9.17, 15) is 8.42 Å². The summed E-state index contributed by atoms with van der Waals surface area (Å²) in [4.78, 5) is 7.03. The van der Waals surface area contributed by atoms with Crippen molar-refractivity contribution in [3.8, 4) is 5.75 Å². The van der Waals surface area contributed by atoms with E-state index in [1.54, 1.807) is 22.6 Å². The van der Waals surface area contributed by atoms with Crippen molar-refractivity contribution < 1.29 is 13.2 Å². The highest BCUT2D eigenvalue weighted by atomic mass is 32.2. The third-order valence-corrected chi connectivity index (χ3v) is 8.17. The molecule has 7 heteroatoms. The number of fused-ring (bicyclic) bond motifs is 2. The SMILES string of the molecule is O=S(=O)(c1cccc2cccnc12)N1Cc2ccccc2OCC1CN1CCCCC1. The summed E-state index contributed by atoms with van der Waals surface area (Å²) >= 11 is 0. The molecule has 3 aromatic rings. The standard InChI is InChI=1S/C24H27N3O3S/c28-31(29,23-12-6-9-19-10-7-13-25-24(19)23)27-16-20-8-2-3-11-22(20)30-18-21(27)17-26-14-4-1-5-15-26/h2-3,6-13,21H,1,4-5,14-18H2. The second-order valence-corrected chi connectivity index (χ2v) is 10.2. The third kappa shape index (κ3) is 4.05. The van der Waals surface area contributed by atoms with E-state index in [1.165, 1.54) is 6.42 Å². The Kier molecular flexibility index (Phi) is 5.65. The molecule has 2 aliphatic heterocycles. The number of likely N-dealkylation sites (tertiary alicyclic amines) is 1. The summed E-state index contributed by atoms with van der Waals surface area (Å²) in [6, 6.07) is 16.5. The maximum absolute atomic E-state index is 14.0. The Morgan fingerprint density at radius 1 is 0.968 bits per heavy atom. The Morgan fingerprint density at radius 3 is 2.65 bits per heavy atom. The molecule has 6 nitrogen and oxygen atoms in total. The monoisotopic (exact) mass is 437 g/mol. The smallest absolute Gasteiger partial charge is 0.245 e. The zero-order valence-electron chi connectivity index (χ0n) is 17.5. The van der Waals surface area contributed by atoms with E-state index in [4.69, 9.17) is 4.74 Å². The molecule has 0 N–H and O–H groups in total. The molecular weight excluding hydrogens is 410 g/mol. The van der Waals surface area contributed by atoms with Gasteiger partial charge in [0.2, 0.25) is 10.0 Å². The molecule has 5 rings (SSSR count). The van der Waals surface area contributed by atoms with Gasteiger partial charge >= 0.3 is 0 Å². The van der Waals surface area contributed by atoms with Crippen LogP contribution in [0.2, 0.25) is 0 Å². The van der Waals surface area contributed by atoms with Gasteiger partial charge in [-0.3, -0.25) is 4.98 Å². The lowest BCUT2D eigenvalue weighted by atomic mass is 10.1. The van der Waals surface area contributed by atoms with Crippen LogP contribution < -0.4 is 4.74 Å². The van der Waals surface area contributed by atoms with E-state index in [2.05, 4.69) is 9.88 Å². The van der Waals surface area contributed by atoms with Crippen LogP contribution in [0.3, 0.4) is 0 Å². The fraction of sp³-hybridized carbons (Fsp3) is 0.375. The third-order valence-electron chi connectivity index (χ3n) is 6.24. The van der Waals surface area contributed by atoms with Crippen LogP contribution in [0.25, 0.3) is 10.9 Å². The summed E-state index contributed by atoms with van der Waals surface area (Å²) in [7, 11) is -3.79. The highest BCUT2D eigenvalue weighted by molar-refractivity contribution is 7.89. The molecule has 162 valence electrons. The van der Waals surface area contributed by atoms with E-state index in [0.717, 1.165) is 42.6 Å². The van der Waals surface area contributed by atoms with Gasteiger partial charge in [-0.25, -0.2) is 8.42 Å². The predicted octanol–water partition coefficient (Wildman–Crippen LogP) is 3.67. The average Bonchev–Trinajstić information content (AvgIpc) is 2.99. The van der Waals surface area contributed by atoms with Crippen LogP contribution in [0, 0.1) is 0 Å². The van der Waals surface area contributed by atoms with E-state index in [1.807, 2.05) is 42.5 Å². The molecule has 31 heavy (non-hydrogen) atoms. The van der Waals surface area contributed by atoms with Gasteiger partial charge in [-0.15, -0.1) is 0 Å². The van der Waals surface area contributed by atoms with Crippen LogP contribution in [0.5, 0.6) is 5.75 Å². The van der Waals surface area contributed by atoms with Crippen molar-refractivity contribution in [3.63, 3.8) is 0 Å². The highest BCUT2D eigenvalue weighted by Crippen LogP contribution is 2.32. The van der Waals surface area contributed by atoms with Crippen molar-refractivity contribution in [2.75, 3.05) is 26.2 Å². The predicted molar refractivity (Wildman–Crippen MR) is 120 cm³/mol. The van der Waals surface area contributed by atoms with Crippen molar-refractivity contribution in [3.05, 3.63) is 66.4 Å². The highest BCUT2D eigenvalue weighted by Gasteiger charge is 2.37. The molecule has 0 radical (unpaired) electrons. The molecule has 1 fully saturated rings. The largest absolute Gasteiger partial charge is 0.492 e. The summed E-state index contributed by atoms with van der Waals surface area (Å²) in [5.74, 6) is 0.764. The van der Waals surface area contributed by atoms with Crippen LogP contribution in [0.1, 0.15) is 24.8 Å². The Hall–Kier alpha value is -2.48. The molecule has 0 bridgehead atoms. The zero-order valence-corrected chi connectivity index (χ0v) is 18.3. The maximum Gasteiger partial charge on any atom is 0.245 e. The Labute approximate surface area is 183 Å². The molecule has 1 unspecified atom stereocenters. The van der Waals surface area contributed by atoms with Gasteiger partial charge in [0, 0.05) is 30.2 Å². The average molecular weight is 438 g/mol. The summed E-state index contributed by atoms with van der Waals surface area (Å²) in [6.45, 7) is 3.32. The van der Waals surface area contributed by atoms with Crippen molar-refractivity contribution in [2.24, 2.45) is 0 Å². The van der Waals surface area contributed by atoms with Crippen LogP contribution in [-0.2, 0) is 16.6 Å². The van der Waals surface area contributed by atoms with Gasteiger partial charge in [-0.1, -0.05) is 42.8 Å². The first-order chi connectivity index (χ1) is 15.1. The van der Waals surface area contributed by atoms with Crippen molar-refractivity contribution >= 4 is 20.9 Å². The van der Waals surface area contributed by atoms with Gasteiger partial charge in [0.15, 0.2) is 0 Å². The van der Waals surface area contributed by atoms with Gasteiger partial charge in [0.05, 0.1) is 11.6 Å². The minimum Gasteiger partial charge on any atom is -0.492 e. The Morgan fingerprint density at radius 2 is 1.77 bits per heavy atom. The van der Waals surface area contributed by atoms with Crippen molar-refractivity contribution in [2.45, 2.75) is 36.7 Å². The number of ether oxygens (including phenoxy) is 1. The number of rotatable bonds is 4. The molecule has 0 spiro atoms. The quantitative estimate of drug-likeness (QED) is 0.623. The fourth-order valence-corrected chi connectivity index (χ4v) is 6.36. The number of nitrogens with zero attached hydrogens (tertiary/aromatic N) is 3. The number of pyridine rings is 1. The summed E-state index contributed by atoms with van der Waals surface area (Å²) < 4.78 is 35.8. The second kappa shape index (κ2) is 8.57. The molecule has 1 aromatic heterocycles. The van der Waals surface area contributed by atoms with Gasteiger partial charge in [-0.2, -0.15) is 4.31 Å². The molecule has 1 atom stereocenters. The van der Waals surface area contributed by atoms with Gasteiger partial charge < -0.3 is 9.64 Å². The molecule has 2 aromatic carbocycles. The van der Waals surface area contributed by atoms with Crippen LogP contribution in [0.4, 0.5) is 0 Å². The number of sulfonamides is 1. The Balaban J connectivity index is 1.57.